The smallest absolute Gasteiger partial charge is 0.314 e. The van der Waals surface area contributed by atoms with E-state index in [4.69, 9.17) is 5.11 Å². The number of carboxylic acid groups (broad SMARTS) is 1. The molecule has 1 unspecified atom stereocenters. The zero-order valence-corrected chi connectivity index (χ0v) is 5.90. The Kier molecular flexibility index (Phi) is 1.21. The standard InChI is InChI=1S/C7H8N2O2/c10-7(11)5-1-3-9-4-2-8-6(5)9/h2,4-5H,1,3H2,(H,10,11). The van der Waals surface area contributed by atoms with Gasteiger partial charge in [-0.15, -0.1) is 0 Å². The van der Waals surface area contributed by atoms with Crippen molar-refractivity contribution in [3.63, 3.8) is 0 Å². The van der Waals surface area contributed by atoms with E-state index < -0.39 is 5.97 Å². The first-order valence-corrected chi connectivity index (χ1v) is 3.53. The molecule has 2 heterocycles. The average Bonchev–Trinajstić information content (AvgIpc) is 2.41. The van der Waals surface area contributed by atoms with Gasteiger partial charge in [0, 0.05) is 18.9 Å². The molecule has 4 nitrogen and oxygen atoms in total. The van der Waals surface area contributed by atoms with Gasteiger partial charge in [0.2, 0.25) is 0 Å². The summed E-state index contributed by atoms with van der Waals surface area (Å²) in [6, 6.07) is 0. The Morgan fingerprint density at radius 3 is 3.36 bits per heavy atom. The summed E-state index contributed by atoms with van der Waals surface area (Å²) in [5.74, 6) is -0.461. The van der Waals surface area contributed by atoms with Crippen LogP contribution in [-0.2, 0) is 11.3 Å². The molecule has 0 radical (unpaired) electrons. The van der Waals surface area contributed by atoms with Crippen molar-refractivity contribution in [3.05, 3.63) is 18.2 Å². The predicted octanol–water partition coefficient (Wildman–Crippen LogP) is 0.455. The molecule has 1 N–H and O–H groups in total. The molecule has 0 saturated heterocycles. The molecule has 1 atom stereocenters. The third kappa shape index (κ3) is 0.824. The SMILES string of the molecule is O=C(O)C1CCn2ccnc21. The highest BCUT2D eigenvalue weighted by atomic mass is 16.4. The molecule has 0 amide bonds. The van der Waals surface area contributed by atoms with Crippen LogP contribution in [0.1, 0.15) is 18.2 Å². The number of rotatable bonds is 1. The Morgan fingerprint density at radius 1 is 1.82 bits per heavy atom. The Bertz CT molecular complexity index is 292. The van der Waals surface area contributed by atoms with Crippen LogP contribution in [0, 0.1) is 0 Å². The van der Waals surface area contributed by atoms with Crippen LogP contribution < -0.4 is 0 Å². The third-order valence-electron chi connectivity index (χ3n) is 2.02. The fourth-order valence-electron chi connectivity index (χ4n) is 1.45. The fraction of sp³-hybridized carbons (Fsp3) is 0.429. The normalized spacial score (nSPS) is 21.6. The minimum Gasteiger partial charge on any atom is -0.481 e. The molecule has 0 aromatic carbocycles. The maximum atomic E-state index is 10.6. The largest absolute Gasteiger partial charge is 0.481 e. The maximum absolute atomic E-state index is 10.6. The van der Waals surface area contributed by atoms with Crippen molar-refractivity contribution in [1.82, 2.24) is 9.55 Å². The summed E-state index contributed by atoms with van der Waals surface area (Å²) in [7, 11) is 0. The van der Waals surface area contributed by atoms with E-state index in [1.807, 2.05) is 10.8 Å². The zero-order valence-electron chi connectivity index (χ0n) is 5.90. The number of hydrogen-bond donors (Lipinski definition) is 1. The van der Waals surface area contributed by atoms with Crippen LogP contribution in [0.5, 0.6) is 0 Å². The van der Waals surface area contributed by atoms with E-state index in [0.717, 1.165) is 6.54 Å². The van der Waals surface area contributed by atoms with Gasteiger partial charge in [0.1, 0.15) is 11.7 Å². The van der Waals surface area contributed by atoms with Crippen molar-refractivity contribution in [3.8, 4) is 0 Å². The number of aryl methyl sites for hydroxylation is 1. The number of carbonyl (C=O) groups is 1. The monoisotopic (exact) mass is 152 g/mol. The summed E-state index contributed by atoms with van der Waals surface area (Å²) < 4.78 is 1.89. The minimum absolute atomic E-state index is 0.384. The lowest BCUT2D eigenvalue weighted by molar-refractivity contribution is -0.138. The molecular formula is C7H8N2O2. The first-order chi connectivity index (χ1) is 5.29. The van der Waals surface area contributed by atoms with E-state index >= 15 is 0 Å². The number of carboxylic acids is 1. The lowest BCUT2D eigenvalue weighted by atomic mass is 10.1. The van der Waals surface area contributed by atoms with Crippen LogP contribution in [-0.4, -0.2) is 20.6 Å². The van der Waals surface area contributed by atoms with Crippen LogP contribution >= 0.6 is 0 Å². The molecule has 0 bridgehead atoms. The van der Waals surface area contributed by atoms with Crippen molar-refractivity contribution >= 4 is 5.97 Å². The topological polar surface area (TPSA) is 55.1 Å². The number of imidazole rings is 1. The second-order valence-electron chi connectivity index (χ2n) is 2.66. The molecule has 11 heavy (non-hydrogen) atoms. The number of nitrogens with zero attached hydrogens (tertiary/aromatic N) is 2. The van der Waals surface area contributed by atoms with Crippen molar-refractivity contribution in [2.24, 2.45) is 0 Å². The summed E-state index contributed by atoms with van der Waals surface area (Å²) in [4.78, 5) is 14.6. The zero-order chi connectivity index (χ0) is 7.84. The minimum atomic E-state index is -0.769. The van der Waals surface area contributed by atoms with Crippen molar-refractivity contribution < 1.29 is 9.90 Å². The molecule has 2 rings (SSSR count). The molecule has 1 aliphatic heterocycles. The molecular weight excluding hydrogens is 144 g/mol. The van der Waals surface area contributed by atoms with Gasteiger partial charge in [0.25, 0.3) is 0 Å². The second-order valence-corrected chi connectivity index (χ2v) is 2.66. The van der Waals surface area contributed by atoms with Crippen LogP contribution in [0.2, 0.25) is 0 Å². The van der Waals surface area contributed by atoms with Crippen LogP contribution in [0.3, 0.4) is 0 Å². The lowest BCUT2D eigenvalue weighted by Gasteiger charge is -1.98. The number of hydrogen-bond acceptors (Lipinski definition) is 2. The lowest BCUT2D eigenvalue weighted by Crippen LogP contribution is -2.08. The highest BCUT2D eigenvalue weighted by Gasteiger charge is 2.29. The van der Waals surface area contributed by atoms with E-state index in [9.17, 15) is 4.79 Å². The summed E-state index contributed by atoms with van der Waals surface area (Å²) in [5.41, 5.74) is 0. The summed E-state index contributed by atoms with van der Waals surface area (Å²) in [5, 5.41) is 8.73. The highest BCUT2D eigenvalue weighted by molar-refractivity contribution is 5.75. The van der Waals surface area contributed by atoms with Gasteiger partial charge in [0.05, 0.1) is 0 Å². The van der Waals surface area contributed by atoms with E-state index in [-0.39, 0.29) is 5.92 Å². The Balaban J connectivity index is 2.38. The Hall–Kier alpha value is -1.32. The van der Waals surface area contributed by atoms with Crippen molar-refractivity contribution in [2.45, 2.75) is 18.9 Å². The fourth-order valence-corrected chi connectivity index (χ4v) is 1.45. The third-order valence-corrected chi connectivity index (χ3v) is 2.02. The average molecular weight is 152 g/mol. The van der Waals surface area contributed by atoms with Gasteiger partial charge in [-0.3, -0.25) is 4.79 Å². The molecule has 4 heteroatoms. The van der Waals surface area contributed by atoms with E-state index in [1.165, 1.54) is 0 Å². The van der Waals surface area contributed by atoms with Gasteiger partial charge in [-0.2, -0.15) is 0 Å². The molecule has 0 spiro atoms. The Morgan fingerprint density at radius 2 is 2.64 bits per heavy atom. The van der Waals surface area contributed by atoms with Gasteiger partial charge in [0.15, 0.2) is 0 Å². The molecule has 1 aromatic rings. The molecule has 0 fully saturated rings. The molecule has 0 saturated carbocycles. The second kappa shape index (κ2) is 2.08. The van der Waals surface area contributed by atoms with Gasteiger partial charge >= 0.3 is 5.97 Å². The summed E-state index contributed by atoms with van der Waals surface area (Å²) >= 11 is 0. The number of fused-ring (bicyclic) bond motifs is 1. The molecule has 1 aliphatic rings. The Labute approximate surface area is 63.5 Å². The molecule has 0 aliphatic carbocycles. The van der Waals surface area contributed by atoms with E-state index in [1.54, 1.807) is 6.20 Å². The van der Waals surface area contributed by atoms with Gasteiger partial charge in [-0.1, -0.05) is 0 Å². The number of aromatic nitrogens is 2. The van der Waals surface area contributed by atoms with Gasteiger partial charge < -0.3 is 9.67 Å². The van der Waals surface area contributed by atoms with E-state index in [0.29, 0.717) is 12.2 Å². The van der Waals surface area contributed by atoms with E-state index in [2.05, 4.69) is 4.98 Å². The number of aliphatic carboxylic acids is 1. The van der Waals surface area contributed by atoms with Crippen LogP contribution in [0.25, 0.3) is 0 Å². The first kappa shape index (κ1) is 6.39. The van der Waals surface area contributed by atoms with Crippen LogP contribution in [0.4, 0.5) is 0 Å². The van der Waals surface area contributed by atoms with Crippen molar-refractivity contribution in [1.29, 1.82) is 0 Å². The predicted molar refractivity (Wildman–Crippen MR) is 37.2 cm³/mol. The molecule has 58 valence electrons. The van der Waals surface area contributed by atoms with Gasteiger partial charge in [-0.25, -0.2) is 4.98 Å². The highest BCUT2D eigenvalue weighted by Crippen LogP contribution is 2.25. The summed E-state index contributed by atoms with van der Waals surface area (Å²) in [6.45, 7) is 0.784. The molecule has 1 aromatic heterocycles. The quantitative estimate of drug-likeness (QED) is 0.635. The summed E-state index contributed by atoms with van der Waals surface area (Å²) in [6.07, 6.45) is 4.14. The first-order valence-electron chi connectivity index (χ1n) is 3.53. The van der Waals surface area contributed by atoms with Gasteiger partial charge in [-0.05, 0) is 6.42 Å². The van der Waals surface area contributed by atoms with Crippen LogP contribution in [0.15, 0.2) is 12.4 Å². The maximum Gasteiger partial charge on any atom is 0.314 e. The van der Waals surface area contributed by atoms with Crippen molar-refractivity contribution in [2.75, 3.05) is 0 Å².